The fraction of sp³-hybridized carbons (Fsp3) is 0.148. The largest absolute Gasteiger partial charge is 0.456 e. The Balaban J connectivity index is 1.72. The normalized spacial score (nSPS) is 12.5. The van der Waals surface area contributed by atoms with Gasteiger partial charge in [0.05, 0.1) is 10.3 Å². The summed E-state index contributed by atoms with van der Waals surface area (Å²) in [5.41, 5.74) is 5.23. The Kier molecular flexibility index (Phi) is 4.68. The van der Waals surface area contributed by atoms with Crippen LogP contribution in [0.1, 0.15) is 19.4 Å². The number of hydrogen-bond donors (Lipinski definition) is 0. The summed E-state index contributed by atoms with van der Waals surface area (Å²) in [4.78, 5) is 4.61. The topological polar surface area (TPSA) is 60.2 Å². The van der Waals surface area contributed by atoms with Gasteiger partial charge in [0.2, 0.25) is 0 Å². The molecular formula is C27H23NO3S. The Morgan fingerprint density at radius 3 is 2.34 bits per heavy atom. The first-order chi connectivity index (χ1) is 15.2. The van der Waals surface area contributed by atoms with Crippen molar-refractivity contribution in [2.75, 3.05) is 6.26 Å². The number of furan rings is 1. The van der Waals surface area contributed by atoms with Crippen molar-refractivity contribution in [2.24, 2.45) is 0 Å². The van der Waals surface area contributed by atoms with Gasteiger partial charge in [-0.05, 0) is 61.4 Å². The van der Waals surface area contributed by atoms with Crippen LogP contribution in [0.15, 0.2) is 89.5 Å². The summed E-state index contributed by atoms with van der Waals surface area (Å²) in [5, 5.41) is 1.96. The molecule has 160 valence electrons. The number of rotatable bonds is 4. The van der Waals surface area contributed by atoms with Crippen molar-refractivity contribution in [2.45, 2.75) is 18.6 Å². The molecule has 2 heterocycles. The summed E-state index contributed by atoms with van der Waals surface area (Å²) in [6, 6.07) is 25.8. The molecule has 0 unspecified atom stereocenters. The first-order valence-electron chi connectivity index (χ1n) is 10.4. The Labute approximate surface area is 187 Å². The van der Waals surface area contributed by atoms with Gasteiger partial charge in [0.1, 0.15) is 11.3 Å². The maximum Gasteiger partial charge on any atom is 0.156 e. The molecule has 5 rings (SSSR count). The summed E-state index contributed by atoms with van der Waals surface area (Å²) < 4.78 is 30.1. The minimum absolute atomic E-state index is 0.740. The number of benzene rings is 3. The predicted molar refractivity (Wildman–Crippen MR) is 130 cm³/mol. The molecule has 0 fully saturated rings. The van der Waals surface area contributed by atoms with Crippen molar-refractivity contribution in [1.82, 2.24) is 4.98 Å². The van der Waals surface area contributed by atoms with Crippen LogP contribution in [0.4, 0.5) is 0 Å². The smallest absolute Gasteiger partial charge is 0.156 e. The maximum atomic E-state index is 12.5. The Morgan fingerprint density at radius 2 is 1.56 bits per heavy atom. The molecule has 0 aliphatic heterocycles. The average molecular weight is 442 g/mol. The van der Waals surface area contributed by atoms with Gasteiger partial charge in [-0.3, -0.25) is 4.98 Å². The van der Waals surface area contributed by atoms with E-state index in [9.17, 15) is 8.42 Å². The summed E-state index contributed by atoms with van der Waals surface area (Å²) in [6.45, 7) is 3.49. The molecule has 0 saturated heterocycles. The zero-order chi connectivity index (χ0) is 22.5. The fourth-order valence-electron chi connectivity index (χ4n) is 3.94. The summed E-state index contributed by atoms with van der Waals surface area (Å²) in [7, 11) is -3.32. The van der Waals surface area contributed by atoms with Crippen molar-refractivity contribution in [3.05, 3.63) is 90.6 Å². The van der Waals surface area contributed by atoms with E-state index in [1.807, 2.05) is 72.8 Å². The quantitative estimate of drug-likeness (QED) is 0.315. The number of sulfone groups is 1. The molecule has 0 aliphatic carbocycles. The highest BCUT2D eigenvalue weighted by molar-refractivity contribution is 7.91. The van der Waals surface area contributed by atoms with Crippen LogP contribution in [0.5, 0.6) is 0 Å². The highest BCUT2D eigenvalue weighted by Crippen LogP contribution is 2.38. The maximum absolute atomic E-state index is 12.5. The highest BCUT2D eigenvalue weighted by atomic mass is 32.2. The molecule has 0 spiro atoms. The zero-order valence-electron chi connectivity index (χ0n) is 18.2. The summed E-state index contributed by atoms with van der Waals surface area (Å²) in [6.07, 6.45) is 3.04. The molecule has 0 saturated carbocycles. The van der Waals surface area contributed by atoms with Crippen molar-refractivity contribution in [3.63, 3.8) is 0 Å². The van der Waals surface area contributed by atoms with Gasteiger partial charge in [-0.25, -0.2) is 8.42 Å². The van der Waals surface area contributed by atoms with Gasteiger partial charge >= 0.3 is 0 Å². The van der Waals surface area contributed by atoms with Crippen LogP contribution in [0.2, 0.25) is 0 Å². The molecule has 0 atom stereocenters. The SMILES string of the molecule is CC(C)(c1cc(-c2cccc(-c3cc4ccccc4o3)c2)c2ncccc2c1)S(C)(=O)=O. The molecule has 3 aromatic carbocycles. The lowest BCUT2D eigenvalue weighted by atomic mass is 9.93. The van der Waals surface area contributed by atoms with E-state index in [1.165, 1.54) is 6.26 Å². The first kappa shape index (κ1) is 20.5. The first-order valence-corrected chi connectivity index (χ1v) is 12.3. The Morgan fingerprint density at radius 1 is 0.812 bits per heavy atom. The molecule has 0 aliphatic rings. The predicted octanol–water partition coefficient (Wildman–Crippen LogP) is 6.59. The van der Waals surface area contributed by atoms with Crippen LogP contribution >= 0.6 is 0 Å². The lowest BCUT2D eigenvalue weighted by molar-refractivity contribution is 0.561. The van der Waals surface area contributed by atoms with E-state index >= 15 is 0 Å². The van der Waals surface area contributed by atoms with E-state index < -0.39 is 14.6 Å². The van der Waals surface area contributed by atoms with E-state index in [2.05, 4.69) is 11.1 Å². The minimum atomic E-state index is -3.32. The molecule has 2 aromatic heterocycles. The molecule has 0 radical (unpaired) electrons. The summed E-state index contributed by atoms with van der Waals surface area (Å²) >= 11 is 0. The lowest BCUT2D eigenvalue weighted by Crippen LogP contribution is -2.28. The second-order valence-corrected chi connectivity index (χ2v) is 11.2. The van der Waals surface area contributed by atoms with E-state index in [4.69, 9.17) is 4.42 Å². The second kappa shape index (κ2) is 7.31. The van der Waals surface area contributed by atoms with Crippen LogP contribution < -0.4 is 0 Å². The van der Waals surface area contributed by atoms with E-state index in [0.29, 0.717) is 0 Å². The van der Waals surface area contributed by atoms with Crippen LogP contribution in [0, 0.1) is 0 Å². The Bertz CT molecular complexity index is 1550. The molecule has 0 amide bonds. The number of nitrogens with zero attached hydrogens (tertiary/aromatic N) is 1. The molecule has 5 heteroatoms. The van der Waals surface area contributed by atoms with Gasteiger partial charge in [-0.1, -0.05) is 42.5 Å². The number of pyridine rings is 1. The number of fused-ring (bicyclic) bond motifs is 2. The molecule has 0 N–H and O–H groups in total. The molecular weight excluding hydrogens is 418 g/mol. The molecule has 4 nitrogen and oxygen atoms in total. The van der Waals surface area contributed by atoms with Crippen molar-refractivity contribution >= 4 is 31.7 Å². The van der Waals surface area contributed by atoms with E-state index in [0.717, 1.165) is 49.9 Å². The van der Waals surface area contributed by atoms with Gasteiger partial charge in [-0.15, -0.1) is 0 Å². The van der Waals surface area contributed by atoms with Gasteiger partial charge in [0, 0.05) is 34.4 Å². The fourth-order valence-corrected chi connectivity index (χ4v) is 4.48. The van der Waals surface area contributed by atoms with Gasteiger partial charge < -0.3 is 4.42 Å². The standard InChI is InChI=1S/C27H23NO3S/c1-27(2,32(3,29)30)22-15-21-11-7-13-28-26(21)23(17-22)18-9-6-10-19(14-18)25-16-20-8-4-5-12-24(20)31-25/h4-17H,1-3H3. The van der Waals surface area contributed by atoms with Crippen LogP contribution in [-0.4, -0.2) is 19.7 Å². The molecule has 5 aromatic rings. The molecule has 0 bridgehead atoms. The minimum Gasteiger partial charge on any atom is -0.456 e. The van der Waals surface area contributed by atoms with Gasteiger partial charge in [0.25, 0.3) is 0 Å². The number of para-hydroxylation sites is 1. The number of aromatic nitrogens is 1. The molecule has 32 heavy (non-hydrogen) atoms. The monoisotopic (exact) mass is 441 g/mol. The second-order valence-electron chi connectivity index (χ2n) is 8.61. The summed E-state index contributed by atoms with van der Waals surface area (Å²) in [5.74, 6) is 0.790. The van der Waals surface area contributed by atoms with Crippen LogP contribution in [-0.2, 0) is 14.6 Å². The van der Waals surface area contributed by atoms with E-state index in [-0.39, 0.29) is 0 Å². The van der Waals surface area contributed by atoms with Crippen molar-refractivity contribution in [1.29, 1.82) is 0 Å². The third-order valence-electron chi connectivity index (χ3n) is 6.21. The van der Waals surface area contributed by atoms with E-state index in [1.54, 1.807) is 20.0 Å². The van der Waals surface area contributed by atoms with Crippen LogP contribution in [0.3, 0.4) is 0 Å². The average Bonchev–Trinajstić information content (AvgIpc) is 3.22. The van der Waals surface area contributed by atoms with Gasteiger partial charge in [0.15, 0.2) is 9.84 Å². The zero-order valence-corrected chi connectivity index (χ0v) is 19.0. The highest BCUT2D eigenvalue weighted by Gasteiger charge is 2.33. The van der Waals surface area contributed by atoms with Crippen molar-refractivity contribution < 1.29 is 12.8 Å². The Hall–Kier alpha value is -3.44. The van der Waals surface area contributed by atoms with Gasteiger partial charge in [-0.2, -0.15) is 0 Å². The third kappa shape index (κ3) is 3.39. The van der Waals surface area contributed by atoms with Crippen molar-refractivity contribution in [3.8, 4) is 22.5 Å². The lowest BCUT2D eigenvalue weighted by Gasteiger charge is -2.24. The third-order valence-corrected chi connectivity index (χ3v) is 8.30. The van der Waals surface area contributed by atoms with Crippen LogP contribution in [0.25, 0.3) is 44.3 Å². The number of hydrogen-bond acceptors (Lipinski definition) is 4.